The van der Waals surface area contributed by atoms with Crippen LogP contribution in [-0.2, 0) is 0 Å². The number of methoxy groups -OCH3 is 1. The Morgan fingerprint density at radius 2 is 2.06 bits per heavy atom. The smallest absolute Gasteiger partial charge is 0.231 e. The van der Waals surface area contributed by atoms with Crippen LogP contribution in [0.5, 0.6) is 17.2 Å². The first-order chi connectivity index (χ1) is 8.76. The molecular weight excluding hydrogens is 256 g/mol. The van der Waals surface area contributed by atoms with Gasteiger partial charge in [0.15, 0.2) is 17.3 Å². The van der Waals surface area contributed by atoms with E-state index in [-0.39, 0.29) is 12.6 Å². The number of carbonyl (C=O) groups excluding carboxylic acids is 1. The number of ether oxygens (including phenoxy) is 3. The Balaban J connectivity index is 2.18. The summed E-state index contributed by atoms with van der Waals surface area (Å²) in [5, 5.41) is 0. The lowest BCUT2D eigenvalue weighted by atomic mass is 10.0. The molecule has 0 fully saturated rings. The Morgan fingerprint density at radius 1 is 1.33 bits per heavy atom. The van der Waals surface area contributed by atoms with Crippen LogP contribution in [0.3, 0.4) is 0 Å². The van der Waals surface area contributed by atoms with Gasteiger partial charge >= 0.3 is 0 Å². The van der Waals surface area contributed by atoms with Crippen LogP contribution in [0.15, 0.2) is 12.1 Å². The van der Waals surface area contributed by atoms with Crippen LogP contribution in [0.25, 0.3) is 0 Å². The Labute approximate surface area is 111 Å². The molecule has 0 N–H and O–H groups in total. The molecule has 0 radical (unpaired) electrons. The molecule has 0 saturated heterocycles. The van der Waals surface area contributed by atoms with Crippen molar-refractivity contribution in [2.45, 2.75) is 19.3 Å². The molecule has 0 atom stereocenters. The van der Waals surface area contributed by atoms with Crippen LogP contribution in [0.2, 0.25) is 0 Å². The largest absolute Gasteiger partial charge is 0.496 e. The van der Waals surface area contributed by atoms with Crippen LogP contribution in [0, 0.1) is 0 Å². The third kappa shape index (κ3) is 2.70. The minimum atomic E-state index is 0.0373. The molecule has 1 aromatic rings. The maximum atomic E-state index is 12.1. The second-order valence-electron chi connectivity index (χ2n) is 3.98. The van der Waals surface area contributed by atoms with Crippen molar-refractivity contribution in [1.82, 2.24) is 0 Å². The summed E-state index contributed by atoms with van der Waals surface area (Å²) in [7, 11) is 1.53. The van der Waals surface area contributed by atoms with Gasteiger partial charge in [-0.15, -0.1) is 11.6 Å². The van der Waals surface area contributed by atoms with Crippen molar-refractivity contribution in [3.63, 3.8) is 0 Å². The van der Waals surface area contributed by atoms with Gasteiger partial charge in [-0.05, 0) is 18.9 Å². The third-order valence-corrected chi connectivity index (χ3v) is 3.05. The molecule has 4 nitrogen and oxygen atoms in total. The van der Waals surface area contributed by atoms with Crippen LogP contribution in [0.1, 0.15) is 29.6 Å². The summed E-state index contributed by atoms with van der Waals surface area (Å²) in [6.07, 6.45) is 2.07. The predicted octanol–water partition coefficient (Wildman–Crippen LogP) is 3.02. The zero-order valence-electron chi connectivity index (χ0n) is 10.2. The fraction of sp³-hybridized carbons (Fsp3) is 0.462. The van der Waals surface area contributed by atoms with Crippen molar-refractivity contribution < 1.29 is 19.0 Å². The molecular formula is C13H15ClO4. The van der Waals surface area contributed by atoms with Crippen LogP contribution in [0.4, 0.5) is 0 Å². The van der Waals surface area contributed by atoms with E-state index < -0.39 is 0 Å². The normalized spacial score (nSPS) is 12.6. The number of hydrogen-bond donors (Lipinski definition) is 0. The van der Waals surface area contributed by atoms with Crippen LogP contribution in [-0.4, -0.2) is 25.6 Å². The molecule has 0 saturated carbocycles. The number of hydrogen-bond acceptors (Lipinski definition) is 4. The number of ketones is 1. The van der Waals surface area contributed by atoms with Gasteiger partial charge in [-0.3, -0.25) is 4.79 Å². The molecule has 18 heavy (non-hydrogen) atoms. The molecule has 0 amide bonds. The highest BCUT2D eigenvalue weighted by molar-refractivity contribution is 6.17. The number of rotatable bonds is 6. The second kappa shape index (κ2) is 5.96. The van der Waals surface area contributed by atoms with Gasteiger partial charge in [0.2, 0.25) is 6.79 Å². The van der Waals surface area contributed by atoms with Gasteiger partial charge in [0.25, 0.3) is 0 Å². The quantitative estimate of drug-likeness (QED) is 0.453. The number of halogens is 1. The number of alkyl halides is 1. The fourth-order valence-corrected chi connectivity index (χ4v) is 2.01. The number of fused-ring (bicyclic) bond motifs is 1. The SMILES string of the molecule is COc1cc2c(cc1C(=O)CCCCCl)OCO2. The highest BCUT2D eigenvalue weighted by Crippen LogP contribution is 2.38. The van der Waals surface area contributed by atoms with Gasteiger partial charge in [0, 0.05) is 18.4 Å². The van der Waals surface area contributed by atoms with Gasteiger partial charge in [0.1, 0.15) is 5.75 Å². The highest BCUT2D eigenvalue weighted by Gasteiger charge is 2.21. The maximum Gasteiger partial charge on any atom is 0.231 e. The average molecular weight is 271 g/mol. The van der Waals surface area contributed by atoms with Crippen LogP contribution < -0.4 is 14.2 Å². The van der Waals surface area contributed by atoms with Crippen molar-refractivity contribution in [3.8, 4) is 17.2 Å². The van der Waals surface area contributed by atoms with E-state index in [1.54, 1.807) is 12.1 Å². The Hall–Kier alpha value is -1.42. The molecule has 2 rings (SSSR count). The first-order valence-electron chi connectivity index (χ1n) is 5.83. The zero-order chi connectivity index (χ0) is 13.0. The summed E-state index contributed by atoms with van der Waals surface area (Å²) >= 11 is 5.59. The first kappa shape index (κ1) is 13.0. The minimum absolute atomic E-state index is 0.0373. The molecule has 5 heteroatoms. The van der Waals surface area contributed by atoms with E-state index in [9.17, 15) is 4.79 Å². The monoisotopic (exact) mass is 270 g/mol. The standard InChI is InChI=1S/C13H15ClO4/c1-16-11-7-13-12(17-8-18-13)6-9(11)10(15)4-2-3-5-14/h6-7H,2-5,8H2,1H3. The summed E-state index contributed by atoms with van der Waals surface area (Å²) in [4.78, 5) is 12.1. The topological polar surface area (TPSA) is 44.8 Å². The van der Waals surface area contributed by atoms with Gasteiger partial charge in [0.05, 0.1) is 12.7 Å². The third-order valence-electron chi connectivity index (χ3n) is 2.78. The average Bonchev–Trinajstić information content (AvgIpc) is 2.84. The Bertz CT molecular complexity index is 445. The summed E-state index contributed by atoms with van der Waals surface area (Å²) < 4.78 is 15.7. The van der Waals surface area contributed by atoms with Gasteiger partial charge < -0.3 is 14.2 Å². The molecule has 0 spiro atoms. The predicted molar refractivity (Wildman–Crippen MR) is 68.0 cm³/mol. The summed E-state index contributed by atoms with van der Waals surface area (Å²) in [6, 6.07) is 3.38. The van der Waals surface area contributed by atoms with E-state index in [2.05, 4.69) is 0 Å². The van der Waals surface area contributed by atoms with Gasteiger partial charge in [-0.25, -0.2) is 0 Å². The molecule has 1 aromatic carbocycles. The first-order valence-corrected chi connectivity index (χ1v) is 6.36. The van der Waals surface area contributed by atoms with E-state index >= 15 is 0 Å². The maximum absolute atomic E-state index is 12.1. The zero-order valence-corrected chi connectivity index (χ0v) is 11.0. The molecule has 0 unspecified atom stereocenters. The van der Waals surface area contributed by atoms with Gasteiger partial charge in [-0.2, -0.15) is 0 Å². The Kier molecular flexibility index (Phi) is 4.31. The van der Waals surface area contributed by atoms with E-state index in [0.29, 0.717) is 35.1 Å². The lowest BCUT2D eigenvalue weighted by Crippen LogP contribution is -2.02. The fourth-order valence-electron chi connectivity index (χ4n) is 1.82. The van der Waals surface area contributed by atoms with E-state index in [0.717, 1.165) is 12.8 Å². The lowest BCUT2D eigenvalue weighted by molar-refractivity contribution is 0.0976. The van der Waals surface area contributed by atoms with Crippen LogP contribution >= 0.6 is 11.6 Å². The Morgan fingerprint density at radius 3 is 2.72 bits per heavy atom. The van der Waals surface area contributed by atoms with Crippen molar-refractivity contribution in [2.75, 3.05) is 19.8 Å². The summed E-state index contributed by atoms with van der Waals surface area (Å²) in [6.45, 7) is 0.183. The summed E-state index contributed by atoms with van der Waals surface area (Å²) in [5.41, 5.74) is 0.538. The molecule has 0 aliphatic carbocycles. The molecule has 1 aliphatic heterocycles. The molecule has 1 aliphatic rings. The minimum Gasteiger partial charge on any atom is -0.496 e. The number of unbranched alkanes of at least 4 members (excludes halogenated alkanes) is 1. The number of Topliss-reactive ketones (excluding diaryl/α,β-unsaturated/α-hetero) is 1. The van der Waals surface area contributed by atoms with Crippen molar-refractivity contribution in [3.05, 3.63) is 17.7 Å². The molecule has 1 heterocycles. The van der Waals surface area contributed by atoms with E-state index in [1.807, 2.05) is 0 Å². The van der Waals surface area contributed by atoms with Crippen molar-refractivity contribution in [2.24, 2.45) is 0 Å². The van der Waals surface area contributed by atoms with Crippen molar-refractivity contribution >= 4 is 17.4 Å². The van der Waals surface area contributed by atoms with E-state index in [4.69, 9.17) is 25.8 Å². The molecule has 98 valence electrons. The number of benzene rings is 1. The van der Waals surface area contributed by atoms with E-state index in [1.165, 1.54) is 7.11 Å². The summed E-state index contributed by atoms with van der Waals surface area (Å²) in [5.74, 6) is 2.34. The lowest BCUT2D eigenvalue weighted by Gasteiger charge is -2.08. The van der Waals surface area contributed by atoms with Gasteiger partial charge in [-0.1, -0.05) is 0 Å². The molecule has 0 aromatic heterocycles. The number of carbonyl (C=O) groups is 1. The van der Waals surface area contributed by atoms with Crippen molar-refractivity contribution in [1.29, 1.82) is 0 Å². The highest BCUT2D eigenvalue weighted by atomic mass is 35.5. The second-order valence-corrected chi connectivity index (χ2v) is 4.35. The molecule has 0 bridgehead atoms.